The first kappa shape index (κ1) is 16.9. The van der Waals surface area contributed by atoms with Crippen molar-refractivity contribution in [3.05, 3.63) is 35.9 Å². The van der Waals surface area contributed by atoms with Crippen molar-refractivity contribution < 1.29 is 23.7 Å². The van der Waals surface area contributed by atoms with Crippen LogP contribution in [-0.4, -0.2) is 63.7 Å². The summed E-state index contributed by atoms with van der Waals surface area (Å²) in [6.45, 7) is 2.45. The first-order valence-electron chi connectivity index (χ1n) is 7.30. The lowest BCUT2D eigenvalue weighted by molar-refractivity contribution is -0.171. The molecule has 0 N–H and O–H groups in total. The third-order valence-corrected chi connectivity index (χ3v) is 3.51. The van der Waals surface area contributed by atoms with Crippen LogP contribution in [0.15, 0.2) is 30.3 Å². The van der Waals surface area contributed by atoms with E-state index in [1.165, 1.54) is 0 Å². The normalized spacial score (nSPS) is 15.8. The number of benzene rings is 1. The molecule has 0 radical (unpaired) electrons. The lowest BCUT2D eigenvalue weighted by Gasteiger charge is -2.38. The van der Waals surface area contributed by atoms with Gasteiger partial charge in [-0.1, -0.05) is 30.3 Å². The molecule has 0 unspecified atom stereocenters. The van der Waals surface area contributed by atoms with Gasteiger partial charge in [-0.15, -0.1) is 0 Å². The third kappa shape index (κ3) is 5.38. The second-order valence-corrected chi connectivity index (χ2v) is 5.20. The zero-order chi connectivity index (χ0) is 15.8. The van der Waals surface area contributed by atoms with Gasteiger partial charge >= 0.3 is 5.97 Å². The Kier molecular flexibility index (Phi) is 6.79. The predicted molar refractivity (Wildman–Crippen MR) is 80.2 cm³/mol. The molecule has 122 valence electrons. The number of ether oxygens (including phenoxy) is 4. The fourth-order valence-electron chi connectivity index (χ4n) is 2.17. The van der Waals surface area contributed by atoms with Crippen LogP contribution in [0.1, 0.15) is 5.56 Å². The summed E-state index contributed by atoms with van der Waals surface area (Å²) in [4.78, 5) is 13.7. The van der Waals surface area contributed by atoms with Gasteiger partial charge in [0.2, 0.25) is 0 Å². The number of carbonyl (C=O) groups is 1. The van der Waals surface area contributed by atoms with Gasteiger partial charge in [0.1, 0.15) is 6.61 Å². The number of nitrogens with zero attached hydrogens (tertiary/aromatic N) is 1. The number of methoxy groups -OCH3 is 2. The molecule has 1 aliphatic rings. The van der Waals surface area contributed by atoms with Gasteiger partial charge in [-0.05, 0) is 5.56 Å². The average Bonchev–Trinajstić information content (AvgIpc) is 2.52. The van der Waals surface area contributed by atoms with E-state index in [0.29, 0.717) is 19.8 Å². The molecule has 0 aliphatic carbocycles. The predicted octanol–water partition coefficient (Wildman–Crippen LogP) is 1.05. The van der Waals surface area contributed by atoms with Gasteiger partial charge in [0.15, 0.2) is 6.29 Å². The first-order valence-corrected chi connectivity index (χ1v) is 7.30. The molecule has 6 heteroatoms. The van der Waals surface area contributed by atoms with Crippen LogP contribution in [0.25, 0.3) is 0 Å². The van der Waals surface area contributed by atoms with E-state index in [9.17, 15) is 4.79 Å². The second-order valence-electron chi connectivity index (χ2n) is 5.20. The molecule has 0 amide bonds. The van der Waals surface area contributed by atoms with Crippen molar-refractivity contribution in [2.75, 3.05) is 40.5 Å². The standard InChI is InChI=1S/C16H23NO5/c1-19-16(20-2)12-21-14-8-17(9-14)10-15(18)22-11-13-6-4-3-5-7-13/h3-7,14,16H,8-12H2,1-2H3. The van der Waals surface area contributed by atoms with Crippen LogP contribution in [0.5, 0.6) is 0 Å². The number of likely N-dealkylation sites (tertiary alicyclic amines) is 1. The van der Waals surface area contributed by atoms with Crippen LogP contribution in [0, 0.1) is 0 Å². The molecular weight excluding hydrogens is 286 g/mol. The highest BCUT2D eigenvalue weighted by atomic mass is 16.7. The number of hydrogen-bond donors (Lipinski definition) is 0. The fraction of sp³-hybridized carbons (Fsp3) is 0.562. The Balaban J connectivity index is 1.56. The molecule has 1 aliphatic heterocycles. The van der Waals surface area contributed by atoms with Crippen LogP contribution < -0.4 is 0 Å². The van der Waals surface area contributed by atoms with E-state index in [1.54, 1.807) is 14.2 Å². The third-order valence-electron chi connectivity index (χ3n) is 3.51. The van der Waals surface area contributed by atoms with Crippen molar-refractivity contribution in [1.29, 1.82) is 0 Å². The summed E-state index contributed by atoms with van der Waals surface area (Å²) < 4.78 is 21.0. The zero-order valence-electron chi connectivity index (χ0n) is 13.1. The van der Waals surface area contributed by atoms with E-state index in [0.717, 1.165) is 18.7 Å². The number of carbonyl (C=O) groups excluding carboxylic acids is 1. The van der Waals surface area contributed by atoms with Crippen molar-refractivity contribution in [2.24, 2.45) is 0 Å². The van der Waals surface area contributed by atoms with Crippen LogP contribution in [0.4, 0.5) is 0 Å². The van der Waals surface area contributed by atoms with Gasteiger partial charge in [0.25, 0.3) is 0 Å². The van der Waals surface area contributed by atoms with Gasteiger partial charge in [-0.25, -0.2) is 0 Å². The topological polar surface area (TPSA) is 57.2 Å². The van der Waals surface area contributed by atoms with E-state index in [1.807, 2.05) is 35.2 Å². The Morgan fingerprint density at radius 3 is 2.55 bits per heavy atom. The van der Waals surface area contributed by atoms with Crippen LogP contribution in [0.3, 0.4) is 0 Å². The van der Waals surface area contributed by atoms with Gasteiger partial charge in [0, 0.05) is 27.3 Å². The van der Waals surface area contributed by atoms with E-state index in [4.69, 9.17) is 18.9 Å². The summed E-state index contributed by atoms with van der Waals surface area (Å²) in [7, 11) is 3.15. The summed E-state index contributed by atoms with van der Waals surface area (Å²) in [6.07, 6.45) is -0.223. The molecule has 0 atom stereocenters. The van der Waals surface area contributed by atoms with Crippen LogP contribution >= 0.6 is 0 Å². The molecule has 1 aromatic carbocycles. The highest BCUT2D eigenvalue weighted by molar-refractivity contribution is 5.71. The maximum Gasteiger partial charge on any atom is 0.320 e. The molecular formula is C16H23NO5. The maximum atomic E-state index is 11.7. The smallest absolute Gasteiger partial charge is 0.320 e. The van der Waals surface area contributed by atoms with E-state index < -0.39 is 0 Å². The van der Waals surface area contributed by atoms with Crippen molar-refractivity contribution in [3.8, 4) is 0 Å². The van der Waals surface area contributed by atoms with Crippen molar-refractivity contribution in [3.63, 3.8) is 0 Å². The summed E-state index contributed by atoms with van der Waals surface area (Å²) in [5.41, 5.74) is 0.992. The Bertz CT molecular complexity index is 443. The van der Waals surface area contributed by atoms with Crippen molar-refractivity contribution >= 4 is 5.97 Å². The lowest BCUT2D eigenvalue weighted by atomic mass is 10.2. The highest BCUT2D eigenvalue weighted by Gasteiger charge is 2.29. The quantitative estimate of drug-likeness (QED) is 0.502. The SMILES string of the molecule is COC(COC1CN(CC(=O)OCc2ccccc2)C1)OC. The molecule has 0 spiro atoms. The van der Waals surface area contributed by atoms with Crippen molar-refractivity contribution in [1.82, 2.24) is 4.90 Å². The summed E-state index contributed by atoms with van der Waals surface area (Å²) in [6, 6.07) is 9.65. The van der Waals surface area contributed by atoms with Gasteiger partial charge in [-0.3, -0.25) is 9.69 Å². The largest absolute Gasteiger partial charge is 0.460 e. The monoisotopic (exact) mass is 309 g/mol. The molecule has 22 heavy (non-hydrogen) atoms. The Hall–Kier alpha value is -1.47. The fourth-order valence-corrected chi connectivity index (χ4v) is 2.17. The molecule has 2 rings (SSSR count). The molecule has 6 nitrogen and oxygen atoms in total. The number of esters is 1. The summed E-state index contributed by atoms with van der Waals surface area (Å²) in [5.74, 6) is -0.214. The minimum absolute atomic E-state index is 0.120. The molecule has 0 saturated carbocycles. The minimum Gasteiger partial charge on any atom is -0.460 e. The van der Waals surface area contributed by atoms with Gasteiger partial charge < -0.3 is 18.9 Å². The number of hydrogen-bond acceptors (Lipinski definition) is 6. The van der Waals surface area contributed by atoms with E-state index in [-0.39, 0.29) is 18.4 Å². The number of rotatable bonds is 9. The molecule has 0 aromatic heterocycles. The lowest BCUT2D eigenvalue weighted by Crippen LogP contribution is -2.54. The Morgan fingerprint density at radius 2 is 1.91 bits per heavy atom. The van der Waals surface area contributed by atoms with E-state index >= 15 is 0 Å². The average molecular weight is 309 g/mol. The molecule has 1 aromatic rings. The Morgan fingerprint density at radius 1 is 1.23 bits per heavy atom. The van der Waals surface area contributed by atoms with Gasteiger partial charge in [-0.2, -0.15) is 0 Å². The van der Waals surface area contributed by atoms with Crippen molar-refractivity contribution in [2.45, 2.75) is 19.0 Å². The first-order chi connectivity index (χ1) is 10.7. The maximum absolute atomic E-state index is 11.7. The second kappa shape index (κ2) is 8.85. The van der Waals surface area contributed by atoms with Gasteiger partial charge in [0.05, 0.1) is 19.3 Å². The van der Waals surface area contributed by atoms with E-state index in [2.05, 4.69) is 0 Å². The molecule has 1 fully saturated rings. The highest BCUT2D eigenvalue weighted by Crippen LogP contribution is 2.12. The van der Waals surface area contributed by atoms with Crippen LogP contribution in [0.2, 0.25) is 0 Å². The molecule has 0 bridgehead atoms. The zero-order valence-corrected chi connectivity index (χ0v) is 13.1. The molecule has 1 saturated heterocycles. The summed E-state index contributed by atoms with van der Waals surface area (Å²) >= 11 is 0. The summed E-state index contributed by atoms with van der Waals surface area (Å²) in [5, 5.41) is 0. The minimum atomic E-state index is -0.343. The van der Waals surface area contributed by atoms with Crippen LogP contribution in [-0.2, 0) is 30.3 Å². The molecule has 1 heterocycles. The Labute approximate surface area is 130 Å².